The van der Waals surface area contributed by atoms with Crippen LogP contribution in [-0.4, -0.2) is 5.78 Å². The summed E-state index contributed by atoms with van der Waals surface area (Å²) in [6.45, 7) is 3.69. The maximum Gasteiger partial charge on any atom is 0.133 e. The van der Waals surface area contributed by atoms with Crippen molar-refractivity contribution in [2.24, 2.45) is 5.92 Å². The molecule has 0 fully saturated rings. The topological polar surface area (TPSA) is 17.1 Å². The van der Waals surface area contributed by atoms with E-state index in [1.54, 1.807) is 19.1 Å². The van der Waals surface area contributed by atoms with Crippen LogP contribution >= 0.6 is 0 Å². The van der Waals surface area contributed by atoms with Crippen molar-refractivity contribution in [2.75, 3.05) is 0 Å². The van der Waals surface area contributed by atoms with E-state index in [4.69, 9.17) is 0 Å². The maximum atomic E-state index is 12.9. The Kier molecular flexibility index (Phi) is 4.67. The lowest BCUT2D eigenvalue weighted by atomic mass is 9.88. The minimum Gasteiger partial charge on any atom is -0.300 e. The lowest BCUT2D eigenvalue weighted by Crippen LogP contribution is -2.17. The summed E-state index contributed by atoms with van der Waals surface area (Å²) in [6, 6.07) is 14.5. The number of Topliss-reactive ketones (excluding diaryl/α,β-unsaturated/α-hetero) is 1. The van der Waals surface area contributed by atoms with Crippen molar-refractivity contribution in [2.45, 2.75) is 26.7 Å². The fraction of sp³-hybridized carbons (Fsp3) is 0.278. The van der Waals surface area contributed by atoms with Crippen molar-refractivity contribution in [1.29, 1.82) is 0 Å². The molecule has 0 aromatic heterocycles. The normalized spacial score (nSPS) is 12.2. The average Bonchev–Trinajstić information content (AvgIpc) is 2.42. The van der Waals surface area contributed by atoms with Gasteiger partial charge in [0.1, 0.15) is 11.6 Å². The van der Waals surface area contributed by atoms with Crippen LogP contribution in [0.25, 0.3) is 0 Å². The first kappa shape index (κ1) is 14.4. The van der Waals surface area contributed by atoms with E-state index in [0.29, 0.717) is 6.42 Å². The summed E-state index contributed by atoms with van der Waals surface area (Å²) >= 11 is 0. The molecule has 0 bridgehead atoms. The number of halogens is 1. The monoisotopic (exact) mass is 270 g/mol. The van der Waals surface area contributed by atoms with Gasteiger partial charge in [0.15, 0.2) is 0 Å². The highest BCUT2D eigenvalue weighted by Gasteiger charge is 2.16. The van der Waals surface area contributed by atoms with Crippen LogP contribution in [0.5, 0.6) is 0 Å². The highest BCUT2D eigenvalue weighted by molar-refractivity contribution is 5.79. The standard InChI is InChI=1S/C18H19FO/c1-13-5-3-4-6-16(13)12-17(14(2)20)11-15-7-9-18(19)10-8-15/h3-10,17H,11-12H2,1-2H3. The molecule has 2 heteroatoms. The van der Waals surface area contributed by atoms with E-state index in [9.17, 15) is 9.18 Å². The third kappa shape index (κ3) is 3.77. The van der Waals surface area contributed by atoms with E-state index in [-0.39, 0.29) is 17.5 Å². The second-order valence-electron chi connectivity index (χ2n) is 5.27. The van der Waals surface area contributed by atoms with Gasteiger partial charge in [-0.3, -0.25) is 4.79 Å². The lowest BCUT2D eigenvalue weighted by molar-refractivity contribution is -0.120. The Bertz CT molecular complexity index is 587. The van der Waals surface area contributed by atoms with Gasteiger partial charge in [-0.05, 0) is 55.5 Å². The Morgan fingerprint density at radius 2 is 1.70 bits per heavy atom. The number of benzene rings is 2. The van der Waals surface area contributed by atoms with Gasteiger partial charge in [0.25, 0.3) is 0 Å². The van der Waals surface area contributed by atoms with Crippen LogP contribution in [0.2, 0.25) is 0 Å². The molecule has 0 saturated heterocycles. The first-order valence-electron chi connectivity index (χ1n) is 6.85. The summed E-state index contributed by atoms with van der Waals surface area (Å²) in [5.41, 5.74) is 3.41. The summed E-state index contributed by atoms with van der Waals surface area (Å²) < 4.78 is 12.9. The second-order valence-corrected chi connectivity index (χ2v) is 5.27. The molecule has 1 atom stereocenters. The van der Waals surface area contributed by atoms with E-state index < -0.39 is 0 Å². The summed E-state index contributed by atoms with van der Waals surface area (Å²) in [6.07, 6.45) is 1.39. The van der Waals surface area contributed by atoms with E-state index in [2.05, 4.69) is 19.1 Å². The minimum absolute atomic E-state index is 0.0541. The van der Waals surface area contributed by atoms with Crippen molar-refractivity contribution >= 4 is 5.78 Å². The van der Waals surface area contributed by atoms with Crippen LogP contribution in [0, 0.1) is 18.7 Å². The van der Waals surface area contributed by atoms with Crippen LogP contribution < -0.4 is 0 Å². The molecule has 0 aliphatic heterocycles. The van der Waals surface area contributed by atoms with E-state index in [0.717, 1.165) is 12.0 Å². The maximum absolute atomic E-state index is 12.9. The summed E-state index contributed by atoms with van der Waals surface area (Å²) in [5, 5.41) is 0. The molecule has 0 N–H and O–H groups in total. The molecule has 0 heterocycles. The Labute approximate surface area is 119 Å². The van der Waals surface area contributed by atoms with Crippen molar-refractivity contribution in [3.05, 3.63) is 71.0 Å². The van der Waals surface area contributed by atoms with Crippen molar-refractivity contribution in [3.63, 3.8) is 0 Å². The number of carbonyl (C=O) groups is 1. The van der Waals surface area contributed by atoms with Gasteiger partial charge in [-0.25, -0.2) is 4.39 Å². The van der Waals surface area contributed by atoms with Gasteiger partial charge in [-0.15, -0.1) is 0 Å². The van der Waals surface area contributed by atoms with Gasteiger partial charge in [-0.1, -0.05) is 36.4 Å². The van der Waals surface area contributed by atoms with E-state index >= 15 is 0 Å². The third-order valence-corrected chi connectivity index (χ3v) is 3.70. The minimum atomic E-state index is -0.243. The first-order chi connectivity index (χ1) is 9.56. The number of rotatable bonds is 5. The summed E-state index contributed by atoms with van der Waals surface area (Å²) in [7, 11) is 0. The van der Waals surface area contributed by atoms with E-state index in [1.165, 1.54) is 23.3 Å². The van der Waals surface area contributed by atoms with Gasteiger partial charge in [0.2, 0.25) is 0 Å². The Balaban J connectivity index is 2.14. The van der Waals surface area contributed by atoms with Crippen molar-refractivity contribution in [3.8, 4) is 0 Å². The van der Waals surface area contributed by atoms with Gasteiger partial charge in [0, 0.05) is 5.92 Å². The Morgan fingerprint density at radius 1 is 1.05 bits per heavy atom. The molecule has 0 radical (unpaired) electrons. The molecule has 0 spiro atoms. The zero-order valence-corrected chi connectivity index (χ0v) is 11.9. The molecule has 0 aliphatic carbocycles. The number of hydrogen-bond acceptors (Lipinski definition) is 1. The van der Waals surface area contributed by atoms with Crippen LogP contribution in [0.15, 0.2) is 48.5 Å². The molecule has 1 unspecified atom stereocenters. The fourth-order valence-electron chi connectivity index (χ4n) is 2.37. The zero-order valence-electron chi connectivity index (χ0n) is 11.9. The number of hydrogen-bond donors (Lipinski definition) is 0. The first-order valence-corrected chi connectivity index (χ1v) is 6.85. The molecule has 1 nitrogen and oxygen atoms in total. The molecule has 0 aliphatic rings. The van der Waals surface area contributed by atoms with Crippen LogP contribution in [-0.2, 0) is 17.6 Å². The lowest BCUT2D eigenvalue weighted by Gasteiger charge is -2.15. The number of carbonyl (C=O) groups excluding carboxylic acids is 1. The number of ketones is 1. The number of aryl methyl sites for hydroxylation is 1. The highest BCUT2D eigenvalue weighted by Crippen LogP contribution is 2.18. The molecular weight excluding hydrogens is 251 g/mol. The molecule has 0 amide bonds. The fourth-order valence-corrected chi connectivity index (χ4v) is 2.37. The van der Waals surface area contributed by atoms with E-state index in [1.807, 2.05) is 12.1 Å². The largest absolute Gasteiger partial charge is 0.300 e. The Hall–Kier alpha value is -1.96. The second kappa shape index (κ2) is 6.47. The average molecular weight is 270 g/mol. The predicted molar refractivity (Wildman–Crippen MR) is 79.2 cm³/mol. The zero-order chi connectivity index (χ0) is 14.5. The van der Waals surface area contributed by atoms with Gasteiger partial charge >= 0.3 is 0 Å². The van der Waals surface area contributed by atoms with Crippen molar-refractivity contribution in [1.82, 2.24) is 0 Å². The molecule has 104 valence electrons. The smallest absolute Gasteiger partial charge is 0.133 e. The summed E-state index contributed by atoms with van der Waals surface area (Å²) in [5.74, 6) is -0.119. The Morgan fingerprint density at radius 3 is 2.30 bits per heavy atom. The highest BCUT2D eigenvalue weighted by atomic mass is 19.1. The quantitative estimate of drug-likeness (QED) is 0.798. The van der Waals surface area contributed by atoms with Crippen LogP contribution in [0.4, 0.5) is 4.39 Å². The molecule has 0 saturated carbocycles. The summed E-state index contributed by atoms with van der Waals surface area (Å²) in [4.78, 5) is 11.9. The predicted octanol–water partition coefficient (Wildman–Crippen LogP) is 4.12. The molecular formula is C18H19FO. The third-order valence-electron chi connectivity index (χ3n) is 3.70. The molecule has 2 rings (SSSR count). The van der Waals surface area contributed by atoms with Crippen molar-refractivity contribution < 1.29 is 9.18 Å². The molecule has 2 aromatic carbocycles. The molecule has 2 aromatic rings. The molecule has 20 heavy (non-hydrogen) atoms. The van der Waals surface area contributed by atoms with Crippen LogP contribution in [0.3, 0.4) is 0 Å². The van der Waals surface area contributed by atoms with Gasteiger partial charge < -0.3 is 0 Å². The van der Waals surface area contributed by atoms with Gasteiger partial charge in [-0.2, -0.15) is 0 Å². The SMILES string of the molecule is CC(=O)C(Cc1ccc(F)cc1)Cc1ccccc1C. The van der Waals surface area contributed by atoms with Gasteiger partial charge in [0.05, 0.1) is 0 Å². The van der Waals surface area contributed by atoms with Crippen LogP contribution in [0.1, 0.15) is 23.6 Å².